The van der Waals surface area contributed by atoms with Gasteiger partial charge in [0.05, 0.1) is 4.90 Å². The molecule has 1 aromatic carbocycles. The maximum Gasteiger partial charge on any atom is 0.125 e. The molecule has 0 radical (unpaired) electrons. The molecule has 0 saturated carbocycles. The van der Waals surface area contributed by atoms with E-state index in [1.54, 1.807) is 0 Å². The molecule has 1 unspecified atom stereocenters. The van der Waals surface area contributed by atoms with Crippen molar-refractivity contribution in [2.24, 2.45) is 0 Å². The van der Waals surface area contributed by atoms with Gasteiger partial charge in [-0.2, -0.15) is 0 Å². The fourth-order valence-corrected chi connectivity index (χ4v) is 2.52. The topological polar surface area (TPSA) is 29.1 Å². The van der Waals surface area contributed by atoms with Gasteiger partial charge >= 0.3 is 0 Å². The summed E-state index contributed by atoms with van der Waals surface area (Å²) in [5.41, 5.74) is 0.841. The van der Waals surface area contributed by atoms with Gasteiger partial charge in [0.2, 0.25) is 0 Å². The summed E-state index contributed by atoms with van der Waals surface area (Å²) in [6.45, 7) is 12.0. The molecule has 102 valence electrons. The van der Waals surface area contributed by atoms with Crippen LogP contribution >= 0.6 is 0 Å². The highest BCUT2D eigenvalue weighted by atomic mass is 32.2. The van der Waals surface area contributed by atoms with Gasteiger partial charge in [0, 0.05) is 5.54 Å². The van der Waals surface area contributed by atoms with E-state index in [-0.39, 0.29) is 5.54 Å². The quantitative estimate of drug-likeness (QED) is 0.875. The third kappa shape index (κ3) is 6.12. The van der Waals surface area contributed by atoms with E-state index in [9.17, 15) is 4.21 Å². The van der Waals surface area contributed by atoms with Gasteiger partial charge < -0.3 is 0 Å². The predicted molar refractivity (Wildman–Crippen MR) is 81.8 cm³/mol. The van der Waals surface area contributed by atoms with Crippen molar-refractivity contribution < 1.29 is 4.21 Å². The first-order valence-electron chi connectivity index (χ1n) is 6.35. The van der Waals surface area contributed by atoms with Crippen molar-refractivity contribution in [2.75, 3.05) is 0 Å². The zero-order valence-electron chi connectivity index (χ0n) is 12.3. The molecule has 0 fully saturated rings. The predicted octanol–water partition coefficient (Wildman–Crippen LogP) is 4.16. The van der Waals surface area contributed by atoms with Crippen molar-refractivity contribution in [1.82, 2.24) is 4.72 Å². The van der Waals surface area contributed by atoms with Crippen LogP contribution in [0.5, 0.6) is 0 Å². The summed E-state index contributed by atoms with van der Waals surface area (Å²) >= 11 is 0. The Morgan fingerprint density at radius 1 is 1.17 bits per heavy atom. The average molecular weight is 267 g/mol. The van der Waals surface area contributed by atoms with Crippen LogP contribution in [0.3, 0.4) is 0 Å². The molecule has 0 aliphatic carbocycles. The highest BCUT2D eigenvalue weighted by Crippen LogP contribution is 2.15. The van der Waals surface area contributed by atoms with Gasteiger partial charge in [-0.25, -0.2) is 8.93 Å². The molecule has 0 amide bonds. The van der Waals surface area contributed by atoms with Crippen molar-refractivity contribution in [3.05, 3.63) is 35.9 Å². The van der Waals surface area contributed by atoms with Crippen LogP contribution in [0.4, 0.5) is 0 Å². The molecule has 0 aliphatic heterocycles. The lowest BCUT2D eigenvalue weighted by molar-refractivity contribution is 0.519. The van der Waals surface area contributed by atoms with Crippen LogP contribution < -0.4 is 4.72 Å². The fraction of sp³-hybridized carbons (Fsp3) is 0.467. The van der Waals surface area contributed by atoms with Crippen molar-refractivity contribution in [3.8, 4) is 0 Å². The molecule has 0 aliphatic rings. The van der Waals surface area contributed by atoms with Crippen molar-refractivity contribution >= 4 is 17.1 Å². The fourth-order valence-electron chi connectivity index (χ4n) is 1.30. The van der Waals surface area contributed by atoms with E-state index in [0.717, 1.165) is 10.5 Å². The second-order valence-electron chi connectivity index (χ2n) is 4.66. The van der Waals surface area contributed by atoms with E-state index >= 15 is 0 Å². The minimum Gasteiger partial charge on any atom is -0.237 e. The van der Waals surface area contributed by atoms with Gasteiger partial charge in [-0.15, -0.1) is 0 Å². The molecule has 0 spiro atoms. The number of allylic oxidation sites excluding steroid dienone is 1. The van der Waals surface area contributed by atoms with Crippen LogP contribution in [0.1, 0.15) is 47.1 Å². The summed E-state index contributed by atoms with van der Waals surface area (Å²) in [4.78, 5) is 0.829. The summed E-state index contributed by atoms with van der Waals surface area (Å²) < 4.78 is 15.2. The highest BCUT2D eigenvalue weighted by molar-refractivity contribution is 7.83. The van der Waals surface area contributed by atoms with Crippen LogP contribution in [0.15, 0.2) is 35.2 Å². The van der Waals surface area contributed by atoms with E-state index in [2.05, 4.69) is 4.72 Å². The Bertz CT molecular complexity index is 405. The number of benzene rings is 1. The van der Waals surface area contributed by atoms with E-state index in [4.69, 9.17) is 0 Å². The summed E-state index contributed by atoms with van der Waals surface area (Å²) in [7, 11) is -1.17. The lowest BCUT2D eigenvalue weighted by Crippen LogP contribution is -2.37. The molecule has 0 heterocycles. The van der Waals surface area contributed by atoms with E-state index in [1.807, 2.05) is 78.0 Å². The molecule has 3 heteroatoms. The number of hydrogen-bond acceptors (Lipinski definition) is 1. The Morgan fingerprint density at radius 2 is 1.72 bits per heavy atom. The molecule has 2 nitrogen and oxygen atoms in total. The summed E-state index contributed by atoms with van der Waals surface area (Å²) in [5.74, 6) is 0. The lowest BCUT2D eigenvalue weighted by Gasteiger charge is -2.20. The largest absolute Gasteiger partial charge is 0.237 e. The summed E-state index contributed by atoms with van der Waals surface area (Å²) in [5, 5.41) is 0. The van der Waals surface area contributed by atoms with Crippen LogP contribution in [0.2, 0.25) is 0 Å². The summed E-state index contributed by atoms with van der Waals surface area (Å²) in [6.07, 6.45) is 3.92. The third-order valence-corrected chi connectivity index (χ3v) is 3.43. The van der Waals surface area contributed by atoms with Crippen molar-refractivity contribution in [1.29, 1.82) is 0 Å². The van der Waals surface area contributed by atoms with Gasteiger partial charge in [0.15, 0.2) is 0 Å². The maximum absolute atomic E-state index is 12.1. The molecule has 0 bridgehead atoms. The molecular weight excluding hydrogens is 242 g/mol. The van der Waals surface area contributed by atoms with Gasteiger partial charge in [-0.05, 0) is 39.3 Å². The van der Waals surface area contributed by atoms with Crippen LogP contribution in [-0.4, -0.2) is 9.75 Å². The van der Waals surface area contributed by atoms with E-state index in [0.29, 0.717) is 0 Å². The number of nitrogens with one attached hydrogen (secondary N) is 1. The van der Waals surface area contributed by atoms with Crippen LogP contribution in [0, 0.1) is 0 Å². The SMILES string of the molecule is C/C=C/c1ccccc1S(=O)NC(C)(C)C.CC. The van der Waals surface area contributed by atoms with Gasteiger partial charge in [0.1, 0.15) is 11.0 Å². The molecule has 18 heavy (non-hydrogen) atoms. The molecular formula is C15H25NOS. The van der Waals surface area contributed by atoms with Gasteiger partial charge in [-0.3, -0.25) is 0 Å². The number of hydrogen-bond donors (Lipinski definition) is 1. The molecule has 0 saturated heterocycles. The van der Waals surface area contributed by atoms with E-state index in [1.165, 1.54) is 0 Å². The van der Waals surface area contributed by atoms with Gasteiger partial charge in [0.25, 0.3) is 0 Å². The number of rotatable bonds is 3. The lowest BCUT2D eigenvalue weighted by atomic mass is 10.1. The monoisotopic (exact) mass is 267 g/mol. The maximum atomic E-state index is 12.1. The molecule has 1 rings (SSSR count). The van der Waals surface area contributed by atoms with E-state index < -0.39 is 11.0 Å². The highest BCUT2D eigenvalue weighted by Gasteiger charge is 2.15. The Hall–Kier alpha value is -0.930. The average Bonchev–Trinajstić information content (AvgIpc) is 2.30. The molecule has 1 atom stereocenters. The Labute approximate surface area is 114 Å². The zero-order valence-corrected chi connectivity index (χ0v) is 13.1. The minimum atomic E-state index is -1.17. The van der Waals surface area contributed by atoms with Crippen LogP contribution in [-0.2, 0) is 11.0 Å². The second-order valence-corrected chi connectivity index (χ2v) is 5.84. The first-order valence-corrected chi connectivity index (χ1v) is 7.50. The smallest absolute Gasteiger partial charge is 0.125 e. The summed E-state index contributed by atoms with van der Waals surface area (Å²) in [6, 6.07) is 7.72. The first-order chi connectivity index (χ1) is 8.44. The molecule has 1 aromatic rings. The van der Waals surface area contributed by atoms with Crippen molar-refractivity contribution in [3.63, 3.8) is 0 Å². The minimum absolute atomic E-state index is 0.159. The normalized spacial score (nSPS) is 13.0. The van der Waals surface area contributed by atoms with Gasteiger partial charge in [-0.1, -0.05) is 44.2 Å². The van der Waals surface area contributed by atoms with Crippen LogP contribution in [0.25, 0.3) is 6.08 Å². The van der Waals surface area contributed by atoms with Crippen molar-refractivity contribution in [2.45, 2.75) is 52.0 Å². The third-order valence-electron chi connectivity index (χ3n) is 1.86. The second kappa shape index (κ2) is 8.22. The molecule has 1 N–H and O–H groups in total. The Morgan fingerprint density at radius 3 is 2.22 bits per heavy atom. The standard InChI is InChI=1S/C13H19NOS.C2H6/c1-5-8-11-9-6-7-10-12(11)16(15)14-13(2,3)4;1-2/h5-10,14H,1-4H3;1-2H3/b8-5+;. The zero-order chi connectivity index (χ0) is 14.2. The Balaban J connectivity index is 0.00000137. The first kappa shape index (κ1) is 17.1. The molecule has 0 aromatic heterocycles. The Kier molecular flexibility index (Phi) is 7.80.